The molecule has 2 rings (SSSR count). The van der Waals surface area contributed by atoms with Gasteiger partial charge in [-0.1, -0.05) is 0 Å². The third kappa shape index (κ3) is 2.51. The van der Waals surface area contributed by atoms with E-state index in [0.717, 1.165) is 4.60 Å². The van der Waals surface area contributed by atoms with Gasteiger partial charge in [-0.3, -0.25) is 4.79 Å². The Labute approximate surface area is 108 Å². The summed E-state index contributed by atoms with van der Waals surface area (Å²) < 4.78 is 6.10. The van der Waals surface area contributed by atoms with Crippen molar-refractivity contribution in [3.05, 3.63) is 45.5 Å². The van der Waals surface area contributed by atoms with Crippen molar-refractivity contribution in [1.82, 2.24) is 4.98 Å². The van der Waals surface area contributed by atoms with E-state index in [4.69, 9.17) is 4.42 Å². The van der Waals surface area contributed by atoms with Crippen molar-refractivity contribution >= 4 is 43.5 Å². The molecule has 0 bridgehead atoms. The molecule has 0 aromatic carbocycles. The molecule has 0 saturated heterocycles. The van der Waals surface area contributed by atoms with Crippen LogP contribution in [0.3, 0.4) is 0 Å². The van der Waals surface area contributed by atoms with E-state index in [2.05, 4.69) is 42.2 Å². The number of furan rings is 1. The van der Waals surface area contributed by atoms with Gasteiger partial charge in [0, 0.05) is 0 Å². The summed E-state index contributed by atoms with van der Waals surface area (Å²) in [7, 11) is 0. The van der Waals surface area contributed by atoms with E-state index in [0.29, 0.717) is 15.9 Å². The van der Waals surface area contributed by atoms with Crippen LogP contribution in [0.2, 0.25) is 0 Å². The van der Waals surface area contributed by atoms with Gasteiger partial charge in [-0.2, -0.15) is 0 Å². The van der Waals surface area contributed by atoms with Gasteiger partial charge in [0.1, 0.15) is 4.60 Å². The predicted molar refractivity (Wildman–Crippen MR) is 66.3 cm³/mol. The quantitative estimate of drug-likeness (QED) is 0.848. The average molecular weight is 346 g/mol. The maximum atomic E-state index is 11.7. The van der Waals surface area contributed by atoms with Crippen LogP contribution in [0.1, 0.15) is 10.4 Å². The monoisotopic (exact) mass is 344 g/mol. The van der Waals surface area contributed by atoms with Crippen LogP contribution < -0.4 is 5.32 Å². The first-order valence-corrected chi connectivity index (χ1v) is 5.91. The zero-order chi connectivity index (χ0) is 11.5. The number of nitrogens with zero attached hydrogens (tertiary/aromatic N) is 1. The summed E-state index contributed by atoms with van der Waals surface area (Å²) in [5.74, 6) is -0.246. The molecule has 0 aliphatic carbocycles. The van der Waals surface area contributed by atoms with Crippen LogP contribution in [0, 0.1) is 0 Å². The van der Waals surface area contributed by atoms with Gasteiger partial charge >= 0.3 is 0 Å². The zero-order valence-electron chi connectivity index (χ0n) is 7.91. The summed E-state index contributed by atoms with van der Waals surface area (Å²) in [6.07, 6.45) is 3.01. The number of anilines is 1. The lowest BCUT2D eigenvalue weighted by molar-refractivity contribution is 0.102. The Kier molecular flexibility index (Phi) is 3.40. The fourth-order valence-corrected chi connectivity index (χ4v) is 1.76. The Morgan fingerprint density at radius 1 is 1.31 bits per heavy atom. The normalized spacial score (nSPS) is 10.1. The van der Waals surface area contributed by atoms with Crippen molar-refractivity contribution < 1.29 is 9.21 Å². The number of pyridine rings is 1. The van der Waals surface area contributed by atoms with E-state index in [1.165, 1.54) is 6.26 Å². The molecule has 0 aliphatic rings. The van der Waals surface area contributed by atoms with Crippen LogP contribution in [0.25, 0.3) is 0 Å². The highest BCUT2D eigenvalue weighted by Gasteiger charge is 2.12. The summed E-state index contributed by atoms with van der Waals surface area (Å²) in [5, 5.41) is 2.70. The maximum absolute atomic E-state index is 11.7. The number of carbonyl (C=O) groups is 1. The molecule has 0 radical (unpaired) electrons. The second-order valence-electron chi connectivity index (χ2n) is 2.93. The number of carbonyl (C=O) groups excluding carboxylic acids is 1. The molecule has 0 saturated carbocycles. The number of hydrogen-bond acceptors (Lipinski definition) is 3. The molecule has 2 heterocycles. The van der Waals surface area contributed by atoms with Crippen LogP contribution in [-0.2, 0) is 0 Å². The van der Waals surface area contributed by atoms with Crippen molar-refractivity contribution in [2.75, 3.05) is 5.32 Å². The van der Waals surface area contributed by atoms with Crippen LogP contribution >= 0.6 is 31.9 Å². The molecule has 1 amide bonds. The SMILES string of the molecule is O=C(Nc1ccc(Br)nc1)c1ccoc1Br. The summed E-state index contributed by atoms with van der Waals surface area (Å²) in [6, 6.07) is 5.09. The lowest BCUT2D eigenvalue weighted by Crippen LogP contribution is -2.11. The standard InChI is InChI=1S/C10H6Br2N2O2/c11-8-2-1-6(5-13-8)14-10(15)7-3-4-16-9(7)12/h1-5H,(H,14,15). The topological polar surface area (TPSA) is 55.1 Å². The van der Waals surface area contributed by atoms with Gasteiger partial charge < -0.3 is 9.73 Å². The third-order valence-electron chi connectivity index (χ3n) is 1.85. The summed E-state index contributed by atoms with van der Waals surface area (Å²) in [4.78, 5) is 15.7. The second-order valence-corrected chi connectivity index (χ2v) is 4.46. The van der Waals surface area contributed by atoms with Crippen molar-refractivity contribution in [3.63, 3.8) is 0 Å². The third-order valence-corrected chi connectivity index (χ3v) is 2.93. The molecule has 16 heavy (non-hydrogen) atoms. The summed E-state index contributed by atoms with van der Waals surface area (Å²) >= 11 is 6.36. The molecule has 4 nitrogen and oxygen atoms in total. The Balaban J connectivity index is 2.14. The number of aromatic nitrogens is 1. The molecule has 2 aromatic heterocycles. The first kappa shape index (κ1) is 11.3. The highest BCUT2D eigenvalue weighted by Crippen LogP contribution is 2.19. The van der Waals surface area contributed by atoms with Gasteiger partial charge in [-0.05, 0) is 50.1 Å². The number of hydrogen-bond donors (Lipinski definition) is 1. The number of rotatable bonds is 2. The van der Waals surface area contributed by atoms with Crippen LogP contribution in [0.4, 0.5) is 5.69 Å². The van der Waals surface area contributed by atoms with Crippen LogP contribution in [0.15, 0.2) is 44.3 Å². The van der Waals surface area contributed by atoms with E-state index < -0.39 is 0 Å². The molecular weight excluding hydrogens is 340 g/mol. The summed E-state index contributed by atoms with van der Waals surface area (Å²) in [6.45, 7) is 0. The van der Waals surface area contributed by atoms with Gasteiger partial charge in [-0.25, -0.2) is 4.98 Å². The Morgan fingerprint density at radius 2 is 2.12 bits per heavy atom. The van der Waals surface area contributed by atoms with E-state index in [9.17, 15) is 4.79 Å². The molecule has 82 valence electrons. The fourth-order valence-electron chi connectivity index (χ4n) is 1.10. The van der Waals surface area contributed by atoms with Gasteiger partial charge in [0.25, 0.3) is 5.91 Å². The molecule has 0 atom stereocenters. The van der Waals surface area contributed by atoms with Crippen molar-refractivity contribution in [3.8, 4) is 0 Å². The first-order valence-electron chi connectivity index (χ1n) is 4.33. The van der Waals surface area contributed by atoms with E-state index >= 15 is 0 Å². The summed E-state index contributed by atoms with van der Waals surface area (Å²) in [5.41, 5.74) is 1.07. The van der Waals surface area contributed by atoms with Crippen molar-refractivity contribution in [2.45, 2.75) is 0 Å². The first-order chi connectivity index (χ1) is 7.66. The number of nitrogens with one attached hydrogen (secondary N) is 1. The van der Waals surface area contributed by atoms with Gasteiger partial charge in [0.05, 0.1) is 23.7 Å². The smallest absolute Gasteiger partial charge is 0.260 e. The molecule has 0 fully saturated rings. The van der Waals surface area contributed by atoms with Gasteiger partial charge in [0.2, 0.25) is 0 Å². The molecular formula is C10H6Br2N2O2. The molecule has 0 aliphatic heterocycles. The zero-order valence-corrected chi connectivity index (χ0v) is 11.1. The van der Waals surface area contributed by atoms with E-state index in [1.54, 1.807) is 24.4 Å². The maximum Gasteiger partial charge on any atom is 0.260 e. The predicted octanol–water partition coefficient (Wildman–Crippen LogP) is 3.45. The molecule has 1 N–H and O–H groups in total. The molecule has 0 unspecified atom stereocenters. The second kappa shape index (κ2) is 4.80. The lowest BCUT2D eigenvalue weighted by atomic mass is 10.3. The van der Waals surface area contributed by atoms with E-state index in [1.807, 2.05) is 0 Å². The van der Waals surface area contributed by atoms with Crippen LogP contribution in [0.5, 0.6) is 0 Å². The minimum absolute atomic E-state index is 0.246. The molecule has 2 aromatic rings. The Bertz CT molecular complexity index is 508. The highest BCUT2D eigenvalue weighted by molar-refractivity contribution is 9.10. The largest absolute Gasteiger partial charge is 0.457 e. The fraction of sp³-hybridized carbons (Fsp3) is 0. The number of amides is 1. The minimum atomic E-state index is -0.246. The van der Waals surface area contributed by atoms with Gasteiger partial charge in [0.15, 0.2) is 4.67 Å². The number of halogens is 2. The minimum Gasteiger partial charge on any atom is -0.457 e. The average Bonchev–Trinajstić information content (AvgIpc) is 2.68. The van der Waals surface area contributed by atoms with Crippen molar-refractivity contribution in [2.24, 2.45) is 0 Å². The van der Waals surface area contributed by atoms with E-state index in [-0.39, 0.29) is 5.91 Å². The highest BCUT2D eigenvalue weighted by atomic mass is 79.9. The molecule has 6 heteroatoms. The Morgan fingerprint density at radius 3 is 2.69 bits per heavy atom. The molecule has 0 spiro atoms. The Hall–Kier alpha value is -1.14. The van der Waals surface area contributed by atoms with Crippen molar-refractivity contribution in [1.29, 1.82) is 0 Å². The lowest BCUT2D eigenvalue weighted by Gasteiger charge is -2.02. The van der Waals surface area contributed by atoms with Crippen LogP contribution in [-0.4, -0.2) is 10.9 Å². The van der Waals surface area contributed by atoms with Gasteiger partial charge in [-0.15, -0.1) is 0 Å².